The summed E-state index contributed by atoms with van der Waals surface area (Å²) in [6, 6.07) is 0. The van der Waals surface area contributed by atoms with E-state index in [0.717, 1.165) is 37.8 Å². The number of nitrogens with one attached hydrogen (secondary N) is 1. The van der Waals surface area contributed by atoms with Crippen molar-refractivity contribution in [3.63, 3.8) is 0 Å². The molecule has 0 saturated carbocycles. The number of carbonyl (C=O) groups is 1. The van der Waals surface area contributed by atoms with E-state index in [2.05, 4.69) is 11.9 Å². The second kappa shape index (κ2) is 3.52. The predicted molar refractivity (Wildman–Crippen MR) is 40.8 cm³/mol. The van der Waals surface area contributed by atoms with Crippen LogP contribution >= 0.6 is 0 Å². The maximum atomic E-state index is 10.3. The Kier molecular flexibility index (Phi) is 2.63. The van der Waals surface area contributed by atoms with Crippen LogP contribution in [0.5, 0.6) is 0 Å². The Morgan fingerprint density at radius 1 is 1.70 bits per heavy atom. The van der Waals surface area contributed by atoms with Gasteiger partial charge in [-0.3, -0.25) is 4.79 Å². The summed E-state index contributed by atoms with van der Waals surface area (Å²) in [6.07, 6.45) is 3.15. The molecule has 0 aromatic carbocycles. The smallest absolute Gasteiger partial charge is 0.145 e. The first-order chi connectivity index (χ1) is 4.84. The zero-order chi connectivity index (χ0) is 7.40. The third-order valence-electron chi connectivity index (χ3n) is 1.97. The van der Waals surface area contributed by atoms with Crippen LogP contribution in [0.15, 0.2) is 12.2 Å². The molecule has 0 radical (unpaired) electrons. The molecule has 2 nitrogen and oxygen atoms in total. The molecule has 10 heavy (non-hydrogen) atoms. The van der Waals surface area contributed by atoms with E-state index < -0.39 is 0 Å². The van der Waals surface area contributed by atoms with E-state index in [0.29, 0.717) is 5.92 Å². The molecule has 56 valence electrons. The van der Waals surface area contributed by atoms with Crippen LogP contribution in [0.4, 0.5) is 0 Å². The molecule has 1 heterocycles. The Labute approximate surface area is 61.3 Å². The predicted octanol–water partition coefficient (Wildman–Crippen LogP) is 0.741. The van der Waals surface area contributed by atoms with Gasteiger partial charge in [0.05, 0.1) is 0 Å². The molecule has 1 aliphatic rings. The zero-order valence-corrected chi connectivity index (χ0v) is 6.10. The Morgan fingerprint density at radius 2 is 2.50 bits per heavy atom. The second-order valence-electron chi connectivity index (χ2n) is 2.74. The average Bonchev–Trinajstić information content (AvgIpc) is 2.05. The van der Waals surface area contributed by atoms with Gasteiger partial charge in [-0.25, -0.2) is 0 Å². The van der Waals surface area contributed by atoms with Crippen molar-refractivity contribution in [2.24, 2.45) is 5.92 Å². The molecule has 0 aliphatic carbocycles. The van der Waals surface area contributed by atoms with Gasteiger partial charge < -0.3 is 5.32 Å². The van der Waals surface area contributed by atoms with Gasteiger partial charge in [-0.15, -0.1) is 0 Å². The van der Waals surface area contributed by atoms with Crippen LogP contribution in [0.3, 0.4) is 0 Å². The molecule has 1 N–H and O–H groups in total. The number of hydrogen-bond acceptors (Lipinski definition) is 2. The maximum Gasteiger partial charge on any atom is 0.145 e. The topological polar surface area (TPSA) is 29.1 Å². The Hall–Kier alpha value is -0.630. The minimum Gasteiger partial charge on any atom is -0.316 e. The van der Waals surface area contributed by atoms with Crippen molar-refractivity contribution >= 4 is 6.29 Å². The monoisotopic (exact) mass is 139 g/mol. The van der Waals surface area contributed by atoms with Gasteiger partial charge in [0, 0.05) is 6.54 Å². The first kappa shape index (κ1) is 7.48. The van der Waals surface area contributed by atoms with E-state index in [9.17, 15) is 4.79 Å². The number of carbonyl (C=O) groups excluding carboxylic acids is 1. The summed E-state index contributed by atoms with van der Waals surface area (Å²) in [5.41, 5.74) is 0.743. The van der Waals surface area contributed by atoms with Crippen molar-refractivity contribution in [1.82, 2.24) is 5.32 Å². The second-order valence-corrected chi connectivity index (χ2v) is 2.74. The fourth-order valence-corrected chi connectivity index (χ4v) is 1.26. The summed E-state index contributed by atoms with van der Waals surface area (Å²) in [4.78, 5) is 10.3. The summed E-state index contributed by atoms with van der Waals surface area (Å²) in [6.45, 7) is 5.70. The highest BCUT2D eigenvalue weighted by Crippen LogP contribution is 2.15. The molecule has 0 spiro atoms. The first-order valence-electron chi connectivity index (χ1n) is 3.69. The minimum atomic E-state index is 0.395. The number of piperidine rings is 1. The van der Waals surface area contributed by atoms with Gasteiger partial charge in [0.1, 0.15) is 6.29 Å². The average molecular weight is 139 g/mol. The quantitative estimate of drug-likeness (QED) is 0.451. The summed E-state index contributed by atoms with van der Waals surface area (Å²) in [5, 5.41) is 3.23. The lowest BCUT2D eigenvalue weighted by atomic mass is 9.93. The van der Waals surface area contributed by atoms with Crippen molar-refractivity contribution in [3.05, 3.63) is 12.2 Å². The lowest BCUT2D eigenvalue weighted by molar-refractivity contribution is -0.105. The van der Waals surface area contributed by atoms with E-state index in [-0.39, 0.29) is 0 Å². The molecule has 1 atom stereocenters. The lowest BCUT2D eigenvalue weighted by Gasteiger charge is -2.21. The van der Waals surface area contributed by atoms with Gasteiger partial charge >= 0.3 is 0 Å². The molecular formula is C8H13NO. The molecule has 0 aromatic heterocycles. The highest BCUT2D eigenvalue weighted by Gasteiger charge is 2.14. The molecule has 1 rings (SSSR count). The van der Waals surface area contributed by atoms with Crippen molar-refractivity contribution in [2.75, 3.05) is 13.1 Å². The molecule has 1 unspecified atom stereocenters. The third kappa shape index (κ3) is 1.67. The number of aldehydes is 1. The van der Waals surface area contributed by atoms with Gasteiger partial charge in [-0.05, 0) is 30.9 Å². The van der Waals surface area contributed by atoms with E-state index in [1.54, 1.807) is 0 Å². The van der Waals surface area contributed by atoms with Gasteiger partial charge in [-0.1, -0.05) is 6.58 Å². The van der Waals surface area contributed by atoms with Crippen molar-refractivity contribution < 1.29 is 4.79 Å². The van der Waals surface area contributed by atoms with Crippen molar-refractivity contribution in [2.45, 2.75) is 12.8 Å². The normalized spacial score (nSPS) is 25.8. The maximum absolute atomic E-state index is 10.3. The van der Waals surface area contributed by atoms with E-state index in [1.807, 2.05) is 0 Å². The summed E-state index contributed by atoms with van der Waals surface area (Å²) >= 11 is 0. The highest BCUT2D eigenvalue weighted by atomic mass is 16.1. The highest BCUT2D eigenvalue weighted by molar-refractivity contribution is 5.72. The summed E-state index contributed by atoms with van der Waals surface area (Å²) < 4.78 is 0. The van der Waals surface area contributed by atoms with Crippen LogP contribution in [-0.4, -0.2) is 19.4 Å². The standard InChI is InChI=1S/C8H13NO/c1-7(6-10)8-3-2-4-9-5-8/h6,8-9H,1-5H2. The SMILES string of the molecule is C=C(C=O)C1CCCNC1. The molecule has 1 saturated heterocycles. The van der Waals surface area contributed by atoms with Gasteiger partial charge in [0.2, 0.25) is 0 Å². The Bertz CT molecular complexity index is 136. The van der Waals surface area contributed by atoms with E-state index in [1.165, 1.54) is 0 Å². The molecule has 1 fully saturated rings. The molecule has 2 heteroatoms. The Balaban J connectivity index is 2.38. The van der Waals surface area contributed by atoms with Crippen LogP contribution in [0, 0.1) is 5.92 Å². The van der Waals surface area contributed by atoms with Crippen LogP contribution in [-0.2, 0) is 4.79 Å². The number of hydrogen-bond donors (Lipinski definition) is 1. The van der Waals surface area contributed by atoms with E-state index >= 15 is 0 Å². The van der Waals surface area contributed by atoms with Crippen molar-refractivity contribution in [1.29, 1.82) is 0 Å². The van der Waals surface area contributed by atoms with Gasteiger partial charge in [0.25, 0.3) is 0 Å². The molecule has 1 aliphatic heterocycles. The van der Waals surface area contributed by atoms with Gasteiger partial charge in [0.15, 0.2) is 0 Å². The minimum absolute atomic E-state index is 0.395. The van der Waals surface area contributed by atoms with Crippen LogP contribution < -0.4 is 5.32 Å². The largest absolute Gasteiger partial charge is 0.316 e. The first-order valence-corrected chi connectivity index (χ1v) is 3.69. The Morgan fingerprint density at radius 3 is 3.00 bits per heavy atom. The van der Waals surface area contributed by atoms with E-state index in [4.69, 9.17) is 0 Å². The summed E-state index contributed by atoms with van der Waals surface area (Å²) in [5.74, 6) is 0.395. The lowest BCUT2D eigenvalue weighted by Crippen LogP contribution is -2.30. The molecule has 0 bridgehead atoms. The van der Waals surface area contributed by atoms with Gasteiger partial charge in [-0.2, -0.15) is 0 Å². The molecule has 0 amide bonds. The number of rotatable bonds is 2. The van der Waals surface area contributed by atoms with Crippen molar-refractivity contribution in [3.8, 4) is 0 Å². The molecular weight excluding hydrogens is 126 g/mol. The van der Waals surface area contributed by atoms with Crippen LogP contribution in [0.1, 0.15) is 12.8 Å². The zero-order valence-electron chi connectivity index (χ0n) is 6.10. The summed E-state index contributed by atoms with van der Waals surface area (Å²) in [7, 11) is 0. The molecule has 0 aromatic rings. The fraction of sp³-hybridized carbons (Fsp3) is 0.625. The third-order valence-corrected chi connectivity index (χ3v) is 1.97. The van der Waals surface area contributed by atoms with Crippen LogP contribution in [0.2, 0.25) is 0 Å². The fourth-order valence-electron chi connectivity index (χ4n) is 1.26. The van der Waals surface area contributed by atoms with Crippen LogP contribution in [0.25, 0.3) is 0 Å².